The van der Waals surface area contributed by atoms with E-state index in [4.69, 9.17) is 0 Å². The molecule has 18 heavy (non-hydrogen) atoms. The second-order valence-electron chi connectivity index (χ2n) is 6.48. The predicted molar refractivity (Wildman–Crippen MR) is 80.1 cm³/mol. The van der Waals surface area contributed by atoms with Crippen LogP contribution in [0.2, 0.25) is 0 Å². The van der Waals surface area contributed by atoms with Crippen LogP contribution in [0.5, 0.6) is 0 Å². The average molecular weight is 255 g/mol. The van der Waals surface area contributed by atoms with Crippen molar-refractivity contribution in [2.45, 2.75) is 46.1 Å². The highest BCUT2D eigenvalue weighted by atomic mass is 15.2. The summed E-state index contributed by atoms with van der Waals surface area (Å²) >= 11 is 0. The lowest BCUT2D eigenvalue weighted by Gasteiger charge is -2.34. The van der Waals surface area contributed by atoms with Gasteiger partial charge in [0, 0.05) is 25.7 Å². The molecule has 1 fully saturated rings. The molecule has 2 atom stereocenters. The van der Waals surface area contributed by atoms with Gasteiger partial charge in [0.05, 0.1) is 0 Å². The average Bonchev–Trinajstić information content (AvgIpc) is 2.75. The van der Waals surface area contributed by atoms with E-state index in [9.17, 15) is 0 Å². The minimum Gasteiger partial charge on any atom is -0.316 e. The highest BCUT2D eigenvalue weighted by molar-refractivity contribution is 4.87. The van der Waals surface area contributed by atoms with Crippen LogP contribution in [0.4, 0.5) is 0 Å². The van der Waals surface area contributed by atoms with Gasteiger partial charge in [-0.2, -0.15) is 0 Å². The minimum atomic E-state index is 0.436. The van der Waals surface area contributed by atoms with Crippen molar-refractivity contribution in [1.82, 2.24) is 15.1 Å². The maximum Gasteiger partial charge on any atom is 0.0229 e. The van der Waals surface area contributed by atoms with Crippen molar-refractivity contribution in [1.29, 1.82) is 0 Å². The predicted octanol–water partition coefficient (Wildman–Crippen LogP) is 2.04. The van der Waals surface area contributed by atoms with Gasteiger partial charge < -0.3 is 15.1 Å². The van der Waals surface area contributed by atoms with E-state index in [1.54, 1.807) is 0 Å². The van der Waals surface area contributed by atoms with Crippen molar-refractivity contribution in [3.63, 3.8) is 0 Å². The zero-order chi connectivity index (χ0) is 13.6. The number of hydrogen-bond donors (Lipinski definition) is 1. The summed E-state index contributed by atoms with van der Waals surface area (Å²) in [6.07, 6.45) is 3.94. The first-order valence-corrected chi connectivity index (χ1v) is 7.60. The summed E-state index contributed by atoms with van der Waals surface area (Å²) in [6, 6.07) is 0.759. The van der Waals surface area contributed by atoms with E-state index in [0.29, 0.717) is 5.41 Å². The quantitative estimate of drug-likeness (QED) is 0.716. The number of likely N-dealkylation sites (tertiary alicyclic amines) is 1. The van der Waals surface area contributed by atoms with Crippen LogP contribution in [0.15, 0.2) is 0 Å². The van der Waals surface area contributed by atoms with Gasteiger partial charge in [0.2, 0.25) is 0 Å². The van der Waals surface area contributed by atoms with E-state index in [1.807, 2.05) is 0 Å². The summed E-state index contributed by atoms with van der Waals surface area (Å²) in [6.45, 7) is 13.0. The molecule has 3 heteroatoms. The lowest BCUT2D eigenvalue weighted by atomic mass is 9.85. The molecule has 2 unspecified atom stereocenters. The van der Waals surface area contributed by atoms with Gasteiger partial charge in [-0.3, -0.25) is 0 Å². The Bertz CT molecular complexity index is 230. The Morgan fingerprint density at radius 3 is 2.56 bits per heavy atom. The second-order valence-corrected chi connectivity index (χ2v) is 6.48. The van der Waals surface area contributed by atoms with Crippen LogP contribution in [0.1, 0.15) is 40.0 Å². The summed E-state index contributed by atoms with van der Waals surface area (Å²) in [5.41, 5.74) is 0.436. The second kappa shape index (κ2) is 7.46. The zero-order valence-electron chi connectivity index (χ0n) is 13.1. The fourth-order valence-corrected chi connectivity index (χ4v) is 3.17. The van der Waals surface area contributed by atoms with Crippen molar-refractivity contribution < 1.29 is 0 Å². The monoisotopic (exact) mass is 255 g/mol. The maximum atomic E-state index is 3.54. The Balaban J connectivity index is 2.46. The van der Waals surface area contributed by atoms with Crippen molar-refractivity contribution in [3.8, 4) is 0 Å². The topological polar surface area (TPSA) is 18.5 Å². The first-order chi connectivity index (χ1) is 8.50. The molecule has 0 saturated carbocycles. The first kappa shape index (κ1) is 15.9. The van der Waals surface area contributed by atoms with E-state index in [-0.39, 0.29) is 0 Å². The molecular formula is C15H33N3. The largest absolute Gasteiger partial charge is 0.316 e. The first-order valence-electron chi connectivity index (χ1n) is 7.60. The zero-order valence-corrected chi connectivity index (χ0v) is 13.1. The lowest BCUT2D eigenvalue weighted by molar-refractivity contribution is 0.164. The molecule has 0 spiro atoms. The van der Waals surface area contributed by atoms with Crippen LogP contribution in [-0.2, 0) is 0 Å². The van der Waals surface area contributed by atoms with Crippen LogP contribution in [-0.4, -0.2) is 62.7 Å². The molecule has 108 valence electrons. The molecule has 1 saturated heterocycles. The summed E-state index contributed by atoms with van der Waals surface area (Å²) in [4.78, 5) is 5.04. The molecule has 0 aliphatic carbocycles. The number of likely N-dealkylation sites (N-methyl/N-ethyl adjacent to an activating group) is 1. The molecule has 0 aromatic carbocycles. The lowest BCUT2D eigenvalue weighted by Crippen LogP contribution is -2.42. The molecule has 1 rings (SSSR count). The van der Waals surface area contributed by atoms with E-state index in [1.165, 1.54) is 38.9 Å². The Morgan fingerprint density at radius 1 is 1.33 bits per heavy atom. The van der Waals surface area contributed by atoms with Crippen molar-refractivity contribution in [3.05, 3.63) is 0 Å². The molecule has 0 bridgehead atoms. The Labute approximate surface area is 114 Å². The fourth-order valence-electron chi connectivity index (χ4n) is 3.17. The molecule has 3 nitrogen and oxygen atoms in total. The maximum absolute atomic E-state index is 3.54. The van der Waals surface area contributed by atoms with Gasteiger partial charge in [-0.1, -0.05) is 27.2 Å². The molecule has 0 aromatic heterocycles. The van der Waals surface area contributed by atoms with Crippen molar-refractivity contribution in [2.75, 3.05) is 46.8 Å². The van der Waals surface area contributed by atoms with Crippen molar-refractivity contribution >= 4 is 0 Å². The van der Waals surface area contributed by atoms with Gasteiger partial charge in [0.15, 0.2) is 0 Å². The third kappa shape index (κ3) is 4.87. The summed E-state index contributed by atoms with van der Waals surface area (Å²) in [7, 11) is 4.41. The number of hydrogen-bond acceptors (Lipinski definition) is 3. The van der Waals surface area contributed by atoms with Crippen LogP contribution >= 0.6 is 0 Å². The number of nitrogens with one attached hydrogen (secondary N) is 1. The smallest absolute Gasteiger partial charge is 0.0229 e. The molecule has 0 amide bonds. The standard InChI is InChI=1S/C15H33N3/c1-6-9-15(3,12-16-7-2)13-18-10-8-14(11-18)17(4)5/h14,16H,6-13H2,1-5H3. The molecule has 0 radical (unpaired) electrons. The Hall–Kier alpha value is -0.120. The van der Waals surface area contributed by atoms with Gasteiger partial charge in [-0.05, 0) is 45.4 Å². The molecule has 1 N–H and O–H groups in total. The third-order valence-corrected chi connectivity index (χ3v) is 4.24. The Kier molecular flexibility index (Phi) is 6.61. The van der Waals surface area contributed by atoms with Crippen molar-refractivity contribution in [2.24, 2.45) is 5.41 Å². The summed E-state index contributed by atoms with van der Waals surface area (Å²) in [5.74, 6) is 0. The van der Waals surface area contributed by atoms with E-state index < -0.39 is 0 Å². The van der Waals surface area contributed by atoms with E-state index in [0.717, 1.165) is 19.1 Å². The van der Waals surface area contributed by atoms with Gasteiger partial charge >= 0.3 is 0 Å². The molecule has 1 aliphatic heterocycles. The Morgan fingerprint density at radius 2 is 2.06 bits per heavy atom. The summed E-state index contributed by atoms with van der Waals surface area (Å²) in [5, 5.41) is 3.54. The normalized spacial score (nSPS) is 24.7. The number of nitrogens with zero attached hydrogens (tertiary/aromatic N) is 2. The van der Waals surface area contributed by atoms with Gasteiger partial charge in [0.25, 0.3) is 0 Å². The van der Waals surface area contributed by atoms with Crippen LogP contribution in [0, 0.1) is 5.41 Å². The van der Waals surface area contributed by atoms with Gasteiger partial charge in [0.1, 0.15) is 0 Å². The third-order valence-electron chi connectivity index (χ3n) is 4.24. The minimum absolute atomic E-state index is 0.436. The molecule has 0 aromatic rings. The molecular weight excluding hydrogens is 222 g/mol. The van der Waals surface area contributed by atoms with Gasteiger partial charge in [-0.15, -0.1) is 0 Å². The molecule has 1 heterocycles. The van der Waals surface area contributed by atoms with Crippen LogP contribution in [0.3, 0.4) is 0 Å². The molecule has 1 aliphatic rings. The van der Waals surface area contributed by atoms with E-state index in [2.05, 4.69) is 50.0 Å². The van der Waals surface area contributed by atoms with Crippen LogP contribution < -0.4 is 5.32 Å². The van der Waals surface area contributed by atoms with E-state index >= 15 is 0 Å². The fraction of sp³-hybridized carbons (Fsp3) is 1.00. The highest BCUT2D eigenvalue weighted by Gasteiger charge is 2.30. The summed E-state index contributed by atoms with van der Waals surface area (Å²) < 4.78 is 0. The van der Waals surface area contributed by atoms with Gasteiger partial charge in [-0.25, -0.2) is 0 Å². The van der Waals surface area contributed by atoms with Crippen LogP contribution in [0.25, 0.3) is 0 Å². The number of rotatable bonds is 8. The SMILES string of the molecule is CCCC(C)(CNCC)CN1CCC(N(C)C)C1. The highest BCUT2D eigenvalue weighted by Crippen LogP contribution is 2.26.